The van der Waals surface area contributed by atoms with E-state index in [0.717, 1.165) is 5.69 Å². The Morgan fingerprint density at radius 3 is 2.81 bits per heavy atom. The first kappa shape index (κ1) is 12.8. The van der Waals surface area contributed by atoms with Crippen LogP contribution in [0.3, 0.4) is 0 Å². The number of carbonyl (C=O) groups is 1. The predicted octanol–water partition coefficient (Wildman–Crippen LogP) is 2.12. The van der Waals surface area contributed by atoms with E-state index in [1.165, 1.54) is 7.11 Å². The van der Waals surface area contributed by atoms with Gasteiger partial charge in [-0.1, -0.05) is 11.6 Å². The summed E-state index contributed by atoms with van der Waals surface area (Å²) in [5.41, 5.74) is 0.789. The minimum Gasteiger partial charge on any atom is -0.468 e. The van der Waals surface area contributed by atoms with Gasteiger partial charge in [-0.25, -0.2) is 0 Å². The lowest BCUT2D eigenvalue weighted by molar-refractivity contribution is -0.139. The van der Waals surface area contributed by atoms with Crippen LogP contribution in [0.2, 0.25) is 5.02 Å². The number of nitrogens with zero attached hydrogens (tertiary/aromatic N) is 2. The van der Waals surface area contributed by atoms with E-state index in [9.17, 15) is 4.79 Å². The van der Waals surface area contributed by atoms with Gasteiger partial charge in [0.05, 0.1) is 17.8 Å². The molecule has 1 heterocycles. The fraction of sp³-hybridized carbons (Fsp3) is 0.455. The molecule has 0 aliphatic rings. The molecule has 1 aromatic rings. The number of hydrogen-bond acceptors (Lipinski definition) is 4. The summed E-state index contributed by atoms with van der Waals surface area (Å²) < 4.78 is 4.65. The van der Waals surface area contributed by atoms with Crippen molar-refractivity contribution >= 4 is 23.3 Å². The maximum atomic E-state index is 11.3. The zero-order valence-electron chi connectivity index (χ0n) is 9.61. The molecule has 0 saturated heterocycles. The fourth-order valence-electron chi connectivity index (χ4n) is 1.35. The Hall–Kier alpha value is -1.29. The third-order valence-corrected chi connectivity index (χ3v) is 2.50. The van der Waals surface area contributed by atoms with Crippen LogP contribution >= 0.6 is 11.6 Å². The van der Waals surface area contributed by atoms with E-state index in [1.54, 1.807) is 18.5 Å². The van der Waals surface area contributed by atoms with E-state index in [1.807, 2.05) is 18.7 Å². The van der Waals surface area contributed by atoms with Gasteiger partial charge < -0.3 is 9.64 Å². The molecule has 0 aromatic carbocycles. The van der Waals surface area contributed by atoms with Crippen LogP contribution in [-0.2, 0) is 9.53 Å². The molecule has 0 spiro atoms. The van der Waals surface area contributed by atoms with Crippen molar-refractivity contribution in [2.75, 3.05) is 18.6 Å². The largest absolute Gasteiger partial charge is 0.468 e. The molecule has 1 rings (SSSR count). The number of ether oxygens (including phenoxy) is 1. The average molecular weight is 243 g/mol. The van der Waals surface area contributed by atoms with Crippen molar-refractivity contribution in [3.8, 4) is 0 Å². The molecular weight excluding hydrogens is 228 g/mol. The molecule has 0 radical (unpaired) electrons. The molecule has 0 aliphatic heterocycles. The molecule has 4 nitrogen and oxygen atoms in total. The Labute approximate surface area is 100 Å². The Morgan fingerprint density at radius 2 is 2.31 bits per heavy atom. The standard InChI is InChI=1S/C11H15ClN2O2/c1-8(2)14(7-11(15)16-3)10-4-5-13-6-9(10)12/h4-6,8H,7H2,1-3H3. The molecule has 0 aliphatic carbocycles. The van der Waals surface area contributed by atoms with Crippen LogP contribution < -0.4 is 4.90 Å². The smallest absolute Gasteiger partial charge is 0.325 e. The van der Waals surface area contributed by atoms with Crippen LogP contribution in [0.5, 0.6) is 0 Å². The van der Waals surface area contributed by atoms with Gasteiger partial charge in [-0.15, -0.1) is 0 Å². The topological polar surface area (TPSA) is 42.4 Å². The monoisotopic (exact) mass is 242 g/mol. The van der Waals surface area contributed by atoms with Crippen LogP contribution in [0.4, 0.5) is 5.69 Å². The molecule has 1 aromatic heterocycles. The number of pyridine rings is 1. The van der Waals surface area contributed by atoms with Crippen LogP contribution in [0.15, 0.2) is 18.5 Å². The van der Waals surface area contributed by atoms with E-state index in [0.29, 0.717) is 5.02 Å². The fourth-order valence-corrected chi connectivity index (χ4v) is 1.58. The second kappa shape index (κ2) is 5.70. The SMILES string of the molecule is COC(=O)CN(c1ccncc1Cl)C(C)C. The molecule has 0 bridgehead atoms. The van der Waals surface area contributed by atoms with Gasteiger partial charge in [-0.2, -0.15) is 0 Å². The van der Waals surface area contributed by atoms with Crippen molar-refractivity contribution in [2.45, 2.75) is 19.9 Å². The molecular formula is C11H15ClN2O2. The molecule has 0 amide bonds. The highest BCUT2D eigenvalue weighted by Crippen LogP contribution is 2.25. The lowest BCUT2D eigenvalue weighted by Crippen LogP contribution is -2.36. The quantitative estimate of drug-likeness (QED) is 0.759. The number of methoxy groups -OCH3 is 1. The van der Waals surface area contributed by atoms with Crippen molar-refractivity contribution in [3.05, 3.63) is 23.5 Å². The Bertz CT molecular complexity index is 369. The predicted molar refractivity (Wildman–Crippen MR) is 63.7 cm³/mol. The lowest BCUT2D eigenvalue weighted by Gasteiger charge is -2.28. The molecule has 16 heavy (non-hydrogen) atoms. The number of rotatable bonds is 4. The van der Waals surface area contributed by atoms with Gasteiger partial charge in [0.1, 0.15) is 6.54 Å². The van der Waals surface area contributed by atoms with Crippen LogP contribution in [0.25, 0.3) is 0 Å². The molecule has 5 heteroatoms. The van der Waals surface area contributed by atoms with E-state index >= 15 is 0 Å². The summed E-state index contributed by atoms with van der Waals surface area (Å²) in [7, 11) is 1.37. The Morgan fingerprint density at radius 1 is 1.62 bits per heavy atom. The van der Waals surface area contributed by atoms with Crippen LogP contribution in [0, 0.1) is 0 Å². The van der Waals surface area contributed by atoms with E-state index in [4.69, 9.17) is 11.6 Å². The van der Waals surface area contributed by atoms with Crippen molar-refractivity contribution in [2.24, 2.45) is 0 Å². The van der Waals surface area contributed by atoms with Gasteiger partial charge in [0.25, 0.3) is 0 Å². The number of carbonyl (C=O) groups excluding carboxylic acids is 1. The summed E-state index contributed by atoms with van der Waals surface area (Å²) in [4.78, 5) is 17.1. The van der Waals surface area contributed by atoms with Gasteiger partial charge in [0.2, 0.25) is 0 Å². The van der Waals surface area contributed by atoms with Crippen molar-refractivity contribution in [1.82, 2.24) is 4.98 Å². The van der Waals surface area contributed by atoms with Crippen molar-refractivity contribution in [1.29, 1.82) is 0 Å². The number of esters is 1. The zero-order chi connectivity index (χ0) is 12.1. The first-order valence-corrected chi connectivity index (χ1v) is 5.37. The number of halogens is 1. The molecule has 0 atom stereocenters. The summed E-state index contributed by atoms with van der Waals surface area (Å²) in [6, 6.07) is 1.93. The Kier molecular flexibility index (Phi) is 4.55. The summed E-state index contributed by atoms with van der Waals surface area (Å²) in [5.74, 6) is -0.290. The van der Waals surface area contributed by atoms with Gasteiger partial charge in [-0.05, 0) is 19.9 Å². The molecule has 0 saturated carbocycles. The summed E-state index contributed by atoms with van der Waals surface area (Å²) in [6.07, 6.45) is 3.21. The summed E-state index contributed by atoms with van der Waals surface area (Å²) in [6.45, 7) is 4.15. The van der Waals surface area contributed by atoms with Crippen LogP contribution in [-0.4, -0.2) is 30.6 Å². The van der Waals surface area contributed by atoms with E-state index in [-0.39, 0.29) is 18.6 Å². The molecule has 0 fully saturated rings. The second-order valence-electron chi connectivity index (χ2n) is 3.62. The van der Waals surface area contributed by atoms with Crippen molar-refractivity contribution in [3.63, 3.8) is 0 Å². The molecule has 0 unspecified atom stereocenters. The highest BCUT2D eigenvalue weighted by molar-refractivity contribution is 6.33. The van der Waals surface area contributed by atoms with Gasteiger partial charge in [0, 0.05) is 18.4 Å². The minimum atomic E-state index is -0.290. The number of anilines is 1. The average Bonchev–Trinajstić information content (AvgIpc) is 2.26. The maximum Gasteiger partial charge on any atom is 0.325 e. The van der Waals surface area contributed by atoms with Gasteiger partial charge >= 0.3 is 5.97 Å². The third-order valence-electron chi connectivity index (χ3n) is 2.21. The molecule has 88 valence electrons. The lowest BCUT2D eigenvalue weighted by atomic mass is 10.2. The first-order valence-electron chi connectivity index (χ1n) is 4.99. The number of hydrogen-bond donors (Lipinski definition) is 0. The van der Waals surface area contributed by atoms with Gasteiger partial charge in [0.15, 0.2) is 0 Å². The summed E-state index contributed by atoms with van der Waals surface area (Å²) in [5, 5.41) is 0.528. The highest BCUT2D eigenvalue weighted by atomic mass is 35.5. The maximum absolute atomic E-state index is 11.3. The highest BCUT2D eigenvalue weighted by Gasteiger charge is 2.17. The van der Waals surface area contributed by atoms with E-state index in [2.05, 4.69) is 9.72 Å². The van der Waals surface area contributed by atoms with Crippen molar-refractivity contribution < 1.29 is 9.53 Å². The first-order chi connectivity index (χ1) is 7.56. The van der Waals surface area contributed by atoms with Gasteiger partial charge in [-0.3, -0.25) is 9.78 Å². The minimum absolute atomic E-state index is 0.152. The number of aromatic nitrogens is 1. The summed E-state index contributed by atoms with van der Waals surface area (Å²) >= 11 is 6.03. The molecule has 0 N–H and O–H groups in total. The normalized spacial score (nSPS) is 10.3. The second-order valence-corrected chi connectivity index (χ2v) is 4.03. The Balaban J connectivity index is 2.94. The van der Waals surface area contributed by atoms with Crippen LogP contribution in [0.1, 0.15) is 13.8 Å². The third kappa shape index (κ3) is 3.10. The zero-order valence-corrected chi connectivity index (χ0v) is 10.4. The van der Waals surface area contributed by atoms with E-state index < -0.39 is 0 Å².